The highest BCUT2D eigenvalue weighted by atomic mass is 35.5. The van der Waals surface area contributed by atoms with Gasteiger partial charge in [0.15, 0.2) is 5.76 Å². The van der Waals surface area contributed by atoms with Gasteiger partial charge in [-0.05, 0) is 43.5 Å². The minimum absolute atomic E-state index is 0.0146. The molecule has 27 heavy (non-hydrogen) atoms. The molecule has 1 saturated heterocycles. The highest BCUT2D eigenvalue weighted by Gasteiger charge is 2.29. The van der Waals surface area contributed by atoms with Crippen molar-refractivity contribution in [2.24, 2.45) is 0 Å². The van der Waals surface area contributed by atoms with E-state index < -0.39 is 0 Å². The molecule has 1 aliphatic heterocycles. The van der Waals surface area contributed by atoms with E-state index in [0.717, 1.165) is 31.2 Å². The fourth-order valence-corrected chi connectivity index (χ4v) is 3.95. The molecule has 0 N–H and O–H groups in total. The van der Waals surface area contributed by atoms with Crippen LogP contribution in [0.1, 0.15) is 29.6 Å². The van der Waals surface area contributed by atoms with Gasteiger partial charge in [0.1, 0.15) is 5.69 Å². The minimum atomic E-state index is -0.0146. The Morgan fingerprint density at radius 2 is 2.22 bits per heavy atom. The van der Waals surface area contributed by atoms with Crippen LogP contribution in [0.25, 0.3) is 22.4 Å². The average molecular weight is 385 g/mol. The minimum Gasteiger partial charge on any atom is -0.463 e. The number of hydrogen-bond donors (Lipinski definition) is 0. The van der Waals surface area contributed by atoms with Crippen molar-refractivity contribution < 1.29 is 13.9 Å². The number of carbonyl (C=O) groups excluding carboxylic acids is 1. The molecule has 0 bridgehead atoms. The smallest absolute Gasteiger partial charge is 0.254 e. The van der Waals surface area contributed by atoms with Crippen LogP contribution in [-0.4, -0.2) is 42.1 Å². The van der Waals surface area contributed by atoms with Gasteiger partial charge in [0.05, 0.1) is 35.0 Å². The monoisotopic (exact) mass is 384 g/mol. The third kappa shape index (κ3) is 3.45. The van der Waals surface area contributed by atoms with Crippen molar-refractivity contribution in [2.45, 2.75) is 25.3 Å². The van der Waals surface area contributed by atoms with E-state index in [1.165, 1.54) is 0 Å². The van der Waals surface area contributed by atoms with Crippen LogP contribution in [-0.2, 0) is 4.74 Å². The summed E-state index contributed by atoms with van der Waals surface area (Å²) in [5.74, 6) is 0.595. The number of carbonyl (C=O) groups is 1. The second kappa shape index (κ2) is 7.71. The summed E-state index contributed by atoms with van der Waals surface area (Å²) in [5, 5.41) is 1.27. The van der Waals surface area contributed by atoms with E-state index in [-0.39, 0.29) is 11.9 Å². The molecular formula is C21H21ClN2O3. The van der Waals surface area contributed by atoms with E-state index >= 15 is 0 Å². The molecule has 6 heteroatoms. The maximum atomic E-state index is 13.5. The molecule has 0 radical (unpaired) electrons. The quantitative estimate of drug-likeness (QED) is 0.649. The summed E-state index contributed by atoms with van der Waals surface area (Å²) in [4.78, 5) is 20.1. The van der Waals surface area contributed by atoms with Gasteiger partial charge in [-0.1, -0.05) is 23.7 Å². The number of hydrogen-bond acceptors (Lipinski definition) is 4. The number of benzene rings is 1. The molecule has 1 aliphatic rings. The molecule has 1 atom stereocenters. The first-order chi connectivity index (χ1) is 13.2. The summed E-state index contributed by atoms with van der Waals surface area (Å²) >= 11 is 6.39. The van der Waals surface area contributed by atoms with Crippen LogP contribution in [0, 0.1) is 0 Å². The number of para-hydroxylation sites is 1. The lowest BCUT2D eigenvalue weighted by atomic mass is 9.99. The number of likely N-dealkylation sites (tertiary alicyclic amines) is 1. The van der Waals surface area contributed by atoms with Crippen molar-refractivity contribution in [1.29, 1.82) is 0 Å². The molecular weight excluding hydrogens is 364 g/mol. The Labute approximate surface area is 162 Å². The van der Waals surface area contributed by atoms with E-state index in [2.05, 4.69) is 4.98 Å². The molecule has 4 rings (SSSR count). The van der Waals surface area contributed by atoms with Crippen LogP contribution in [0.4, 0.5) is 0 Å². The van der Waals surface area contributed by atoms with Crippen LogP contribution in [0.5, 0.6) is 0 Å². The summed E-state index contributed by atoms with van der Waals surface area (Å²) in [6, 6.07) is 11.0. The van der Waals surface area contributed by atoms with Crippen molar-refractivity contribution in [3.8, 4) is 11.5 Å². The van der Waals surface area contributed by atoms with Gasteiger partial charge < -0.3 is 14.1 Å². The van der Waals surface area contributed by atoms with Crippen molar-refractivity contribution >= 4 is 28.4 Å². The summed E-state index contributed by atoms with van der Waals surface area (Å²) in [6.45, 7) is 1.27. The van der Waals surface area contributed by atoms with Crippen LogP contribution >= 0.6 is 11.6 Å². The highest BCUT2D eigenvalue weighted by molar-refractivity contribution is 6.35. The number of furan rings is 1. The molecule has 2 aromatic heterocycles. The van der Waals surface area contributed by atoms with E-state index in [9.17, 15) is 4.79 Å². The van der Waals surface area contributed by atoms with E-state index in [0.29, 0.717) is 34.2 Å². The van der Waals surface area contributed by atoms with E-state index in [4.69, 9.17) is 20.8 Å². The molecule has 3 heterocycles. The van der Waals surface area contributed by atoms with Crippen molar-refractivity contribution in [1.82, 2.24) is 9.88 Å². The Bertz CT molecular complexity index is 953. The van der Waals surface area contributed by atoms with Gasteiger partial charge in [-0.3, -0.25) is 4.79 Å². The first kappa shape index (κ1) is 18.0. The Hall–Kier alpha value is -2.37. The van der Waals surface area contributed by atoms with Crippen LogP contribution in [0.3, 0.4) is 0 Å². The number of aromatic nitrogens is 1. The number of halogens is 1. The lowest BCUT2D eigenvalue weighted by Gasteiger charge is -2.35. The van der Waals surface area contributed by atoms with Gasteiger partial charge in [-0.15, -0.1) is 0 Å². The van der Waals surface area contributed by atoms with Crippen molar-refractivity contribution in [3.63, 3.8) is 0 Å². The molecule has 0 spiro atoms. The number of piperidine rings is 1. The number of methoxy groups -OCH3 is 1. The Kier molecular flexibility index (Phi) is 5.14. The summed E-state index contributed by atoms with van der Waals surface area (Å²) in [6.07, 6.45) is 4.65. The van der Waals surface area contributed by atoms with Gasteiger partial charge in [-0.2, -0.15) is 0 Å². The summed E-state index contributed by atoms with van der Waals surface area (Å²) in [7, 11) is 1.67. The first-order valence-electron chi connectivity index (χ1n) is 9.12. The number of pyridine rings is 1. The van der Waals surface area contributed by atoms with Crippen LogP contribution < -0.4 is 0 Å². The molecule has 1 aromatic carbocycles. The second-order valence-corrected chi connectivity index (χ2v) is 7.18. The van der Waals surface area contributed by atoms with Crippen molar-refractivity contribution in [3.05, 3.63) is 53.2 Å². The average Bonchev–Trinajstić information content (AvgIpc) is 3.23. The first-order valence-corrected chi connectivity index (χ1v) is 9.50. The van der Waals surface area contributed by atoms with Gasteiger partial charge in [-0.25, -0.2) is 4.98 Å². The fraction of sp³-hybridized carbons (Fsp3) is 0.333. The zero-order valence-corrected chi connectivity index (χ0v) is 15.9. The predicted octanol–water partition coefficient (Wildman–Crippen LogP) is 4.79. The SMILES string of the molecule is COCC1CCCCN1C(=O)c1cc(-c2ccco2)nc2c(Cl)cccc12. The number of amides is 1. The van der Waals surface area contributed by atoms with Gasteiger partial charge in [0.2, 0.25) is 0 Å². The third-order valence-electron chi connectivity index (χ3n) is 5.04. The third-order valence-corrected chi connectivity index (χ3v) is 5.35. The van der Waals surface area contributed by atoms with E-state index in [1.54, 1.807) is 31.6 Å². The Morgan fingerprint density at radius 1 is 1.33 bits per heavy atom. The topological polar surface area (TPSA) is 55.6 Å². The fourth-order valence-electron chi connectivity index (χ4n) is 3.73. The lowest BCUT2D eigenvalue weighted by molar-refractivity contribution is 0.0430. The van der Waals surface area contributed by atoms with Gasteiger partial charge >= 0.3 is 0 Å². The van der Waals surface area contributed by atoms with Crippen LogP contribution in [0.15, 0.2) is 47.1 Å². The van der Waals surface area contributed by atoms with E-state index in [1.807, 2.05) is 23.1 Å². The Morgan fingerprint density at radius 3 is 3.00 bits per heavy atom. The van der Waals surface area contributed by atoms with Gasteiger partial charge in [0.25, 0.3) is 5.91 Å². The number of rotatable bonds is 4. The normalized spacial score (nSPS) is 17.4. The molecule has 1 amide bonds. The molecule has 1 unspecified atom stereocenters. The highest BCUT2D eigenvalue weighted by Crippen LogP contribution is 2.31. The number of fused-ring (bicyclic) bond motifs is 1. The number of nitrogens with zero attached hydrogens (tertiary/aromatic N) is 2. The predicted molar refractivity (Wildman–Crippen MR) is 105 cm³/mol. The maximum Gasteiger partial charge on any atom is 0.254 e. The van der Waals surface area contributed by atoms with Crippen LogP contribution in [0.2, 0.25) is 5.02 Å². The van der Waals surface area contributed by atoms with Crippen molar-refractivity contribution in [2.75, 3.05) is 20.3 Å². The molecule has 5 nitrogen and oxygen atoms in total. The summed E-state index contributed by atoms with van der Waals surface area (Å²) in [5.41, 5.74) is 1.80. The largest absolute Gasteiger partial charge is 0.463 e. The number of ether oxygens (including phenoxy) is 1. The summed E-state index contributed by atoms with van der Waals surface area (Å²) < 4.78 is 10.8. The lowest BCUT2D eigenvalue weighted by Crippen LogP contribution is -2.46. The maximum absolute atomic E-state index is 13.5. The molecule has 140 valence electrons. The zero-order chi connectivity index (χ0) is 18.8. The standard InChI is InChI=1S/C21H21ClN2O3/c1-26-13-14-6-2-3-10-24(14)21(25)16-12-18(19-9-5-11-27-19)23-20-15(16)7-4-8-17(20)22/h4-5,7-9,11-12,14H,2-3,6,10,13H2,1H3. The second-order valence-electron chi connectivity index (χ2n) is 6.77. The molecule has 3 aromatic rings. The Balaban J connectivity index is 1.84. The van der Waals surface area contributed by atoms with Gasteiger partial charge in [0, 0.05) is 19.0 Å². The molecule has 0 aliphatic carbocycles. The zero-order valence-electron chi connectivity index (χ0n) is 15.2. The molecule has 0 saturated carbocycles. The molecule has 1 fully saturated rings.